The number of hydrogen-bond donors (Lipinski definition) is 2. The highest BCUT2D eigenvalue weighted by Crippen LogP contribution is 2.61. The number of nitrogens with one attached hydrogen (secondary N) is 1. The van der Waals surface area contributed by atoms with Crippen molar-refractivity contribution < 1.29 is 9.67 Å². The van der Waals surface area contributed by atoms with Gasteiger partial charge in [0.25, 0.3) is 0 Å². The van der Waals surface area contributed by atoms with Gasteiger partial charge in [0.1, 0.15) is 5.75 Å². The SMILES string of the molecule is CNC.O=P(Cl)(Cl)Cl.Oc1ccccc1.c1ccccc1. The molecule has 2 rings (SSSR count). The van der Waals surface area contributed by atoms with E-state index in [-0.39, 0.29) is 0 Å². The molecule has 0 atom stereocenters. The summed E-state index contributed by atoms with van der Waals surface area (Å²) in [6.45, 7) is 0. The van der Waals surface area contributed by atoms with Crippen molar-refractivity contribution in [2.45, 2.75) is 0 Å². The molecule has 2 N–H and O–H groups in total. The van der Waals surface area contributed by atoms with E-state index < -0.39 is 5.20 Å². The zero-order valence-corrected chi connectivity index (χ0v) is 14.9. The Hall–Kier alpha value is -0.700. The van der Waals surface area contributed by atoms with E-state index in [2.05, 4.69) is 39.0 Å². The van der Waals surface area contributed by atoms with Crippen LogP contribution in [0.5, 0.6) is 5.75 Å². The minimum Gasteiger partial charge on any atom is -0.508 e. The van der Waals surface area contributed by atoms with Gasteiger partial charge in [-0.2, -0.15) is 0 Å². The predicted octanol–water partition coefficient (Wildman–Crippen LogP) is 5.73. The first-order valence-corrected chi connectivity index (χ1v) is 10.2. The van der Waals surface area contributed by atoms with Gasteiger partial charge in [-0.25, -0.2) is 0 Å². The third kappa shape index (κ3) is 32.7. The summed E-state index contributed by atoms with van der Waals surface area (Å²) in [6, 6.07) is 20.7. The van der Waals surface area contributed by atoms with Crippen LogP contribution in [0.1, 0.15) is 0 Å². The third-order valence-corrected chi connectivity index (χ3v) is 1.42. The first-order valence-electron chi connectivity index (χ1n) is 5.82. The van der Waals surface area contributed by atoms with E-state index in [1.807, 2.05) is 56.6 Å². The summed E-state index contributed by atoms with van der Waals surface area (Å²) >= 11 is 13.8. The molecule has 0 heterocycles. The first-order chi connectivity index (χ1) is 9.81. The Morgan fingerprint density at radius 2 is 1.00 bits per heavy atom. The van der Waals surface area contributed by atoms with Crippen LogP contribution in [-0.2, 0) is 4.57 Å². The summed E-state index contributed by atoms with van der Waals surface area (Å²) in [6.07, 6.45) is 0. The summed E-state index contributed by atoms with van der Waals surface area (Å²) < 4.78 is 9.51. The Labute approximate surface area is 140 Å². The molecule has 0 spiro atoms. The van der Waals surface area contributed by atoms with Crippen LogP contribution in [0.25, 0.3) is 0 Å². The second-order valence-electron chi connectivity index (χ2n) is 3.39. The lowest BCUT2D eigenvalue weighted by Gasteiger charge is -1.82. The molecule has 0 amide bonds. The highest BCUT2D eigenvalue weighted by atomic mass is 36.0. The fraction of sp³-hybridized carbons (Fsp3) is 0.143. The number of rotatable bonds is 0. The van der Waals surface area contributed by atoms with E-state index in [9.17, 15) is 4.57 Å². The average molecular weight is 371 g/mol. The number of phenolic OH excluding ortho intramolecular Hbond substituents is 1. The summed E-state index contributed by atoms with van der Waals surface area (Å²) in [5.41, 5.74) is 0. The summed E-state index contributed by atoms with van der Waals surface area (Å²) in [7, 11) is 3.75. The molecule has 0 aliphatic carbocycles. The van der Waals surface area contributed by atoms with Gasteiger partial charge in [-0.15, -0.1) is 0 Å². The molecule has 0 bridgehead atoms. The van der Waals surface area contributed by atoms with Crippen molar-refractivity contribution >= 4 is 38.9 Å². The molecule has 0 unspecified atom stereocenters. The van der Waals surface area contributed by atoms with Crippen molar-refractivity contribution in [1.29, 1.82) is 0 Å². The zero-order valence-electron chi connectivity index (χ0n) is 11.8. The molecule has 0 saturated heterocycles. The van der Waals surface area contributed by atoms with Crippen molar-refractivity contribution in [2.75, 3.05) is 14.1 Å². The molecule has 0 fully saturated rings. The van der Waals surface area contributed by atoms with E-state index in [1.165, 1.54) is 0 Å². The van der Waals surface area contributed by atoms with Gasteiger partial charge >= 0.3 is 5.20 Å². The van der Waals surface area contributed by atoms with E-state index in [4.69, 9.17) is 5.11 Å². The van der Waals surface area contributed by atoms with Gasteiger partial charge < -0.3 is 10.4 Å². The topological polar surface area (TPSA) is 49.3 Å². The second-order valence-corrected chi connectivity index (χ2v) is 10.0. The normalized spacial score (nSPS) is 8.81. The van der Waals surface area contributed by atoms with Crippen LogP contribution < -0.4 is 5.32 Å². The molecule has 0 aliphatic rings. The standard InChI is InChI=1S/C6H6O.C6H6.C2H7N.Cl3OP/c7-6-4-2-1-3-5-6;1-2-4-6-5-3-1;1-3-2;1-5(2,3)4/h1-5,7H;1-6H;3H,1-2H3;. The van der Waals surface area contributed by atoms with Crippen molar-refractivity contribution in [1.82, 2.24) is 5.32 Å². The third-order valence-electron chi connectivity index (χ3n) is 1.42. The van der Waals surface area contributed by atoms with E-state index in [0.29, 0.717) is 5.75 Å². The Kier molecular flexibility index (Phi) is 16.9. The van der Waals surface area contributed by atoms with Gasteiger partial charge in [0, 0.05) is 0 Å². The maximum absolute atomic E-state index is 9.51. The number of hydrogen-bond acceptors (Lipinski definition) is 3. The molecule has 0 aliphatic heterocycles. The lowest BCUT2D eigenvalue weighted by atomic mass is 10.3. The lowest BCUT2D eigenvalue weighted by molar-refractivity contribution is 0.475. The van der Waals surface area contributed by atoms with Crippen LogP contribution in [0.15, 0.2) is 66.7 Å². The largest absolute Gasteiger partial charge is 0.508 e. The smallest absolute Gasteiger partial charge is 0.339 e. The Morgan fingerprint density at radius 1 is 0.810 bits per heavy atom. The molecule has 0 aromatic heterocycles. The highest BCUT2D eigenvalue weighted by molar-refractivity contribution is 8.24. The first kappa shape index (κ1) is 22.6. The predicted molar refractivity (Wildman–Crippen MR) is 94.7 cm³/mol. The van der Waals surface area contributed by atoms with Gasteiger partial charge in [0.05, 0.1) is 0 Å². The molecule has 118 valence electrons. The minimum atomic E-state index is -3.22. The summed E-state index contributed by atoms with van der Waals surface area (Å²) in [5.74, 6) is 0.322. The van der Waals surface area contributed by atoms with Gasteiger partial charge in [-0.05, 0) is 60.0 Å². The molecule has 2 aromatic carbocycles. The summed E-state index contributed by atoms with van der Waals surface area (Å²) in [5, 5.41) is 8.16. The summed E-state index contributed by atoms with van der Waals surface area (Å²) in [4.78, 5) is 0. The zero-order chi connectivity index (χ0) is 16.6. The van der Waals surface area contributed by atoms with E-state index in [1.54, 1.807) is 24.3 Å². The van der Waals surface area contributed by atoms with E-state index >= 15 is 0 Å². The van der Waals surface area contributed by atoms with Crippen molar-refractivity contribution in [3.8, 4) is 5.75 Å². The van der Waals surface area contributed by atoms with E-state index in [0.717, 1.165) is 0 Å². The average Bonchev–Trinajstić information content (AvgIpc) is 2.41. The number of aromatic hydroxyl groups is 1. The number of para-hydroxylation sites is 1. The molecule has 3 nitrogen and oxygen atoms in total. The molecular weight excluding hydrogens is 351 g/mol. The molecule has 21 heavy (non-hydrogen) atoms. The number of halogens is 3. The molecule has 0 radical (unpaired) electrons. The van der Waals surface area contributed by atoms with Crippen LogP contribution in [0.4, 0.5) is 0 Å². The van der Waals surface area contributed by atoms with Gasteiger partial charge in [0.15, 0.2) is 0 Å². The molecular formula is C14H19Cl3NO2P. The Balaban J connectivity index is 0. The fourth-order valence-electron chi connectivity index (χ4n) is 0.813. The number of phenols is 1. The van der Waals surface area contributed by atoms with Crippen molar-refractivity contribution in [3.05, 3.63) is 66.7 Å². The Morgan fingerprint density at radius 3 is 1.14 bits per heavy atom. The number of benzene rings is 2. The van der Waals surface area contributed by atoms with Crippen LogP contribution in [-0.4, -0.2) is 19.2 Å². The molecule has 7 heteroatoms. The van der Waals surface area contributed by atoms with Crippen molar-refractivity contribution in [2.24, 2.45) is 0 Å². The van der Waals surface area contributed by atoms with Gasteiger partial charge in [0.2, 0.25) is 0 Å². The quantitative estimate of drug-likeness (QED) is 0.583. The second kappa shape index (κ2) is 15.7. The minimum absolute atomic E-state index is 0.322. The fourth-order valence-corrected chi connectivity index (χ4v) is 0.813. The molecule has 2 aromatic rings. The maximum Gasteiger partial charge on any atom is 0.339 e. The van der Waals surface area contributed by atoms with Crippen LogP contribution in [0.3, 0.4) is 0 Å². The molecule has 0 saturated carbocycles. The maximum atomic E-state index is 9.51. The lowest BCUT2D eigenvalue weighted by Crippen LogP contribution is -1.89. The highest BCUT2D eigenvalue weighted by Gasteiger charge is 2.02. The monoisotopic (exact) mass is 369 g/mol. The Bertz CT molecular complexity index is 431. The van der Waals surface area contributed by atoms with Gasteiger partial charge in [-0.3, -0.25) is 4.57 Å². The van der Waals surface area contributed by atoms with Gasteiger partial charge in [-0.1, -0.05) is 54.6 Å². The van der Waals surface area contributed by atoms with Crippen LogP contribution in [0, 0.1) is 0 Å². The van der Waals surface area contributed by atoms with Crippen molar-refractivity contribution in [3.63, 3.8) is 0 Å². The van der Waals surface area contributed by atoms with Crippen LogP contribution >= 0.6 is 38.9 Å². The van der Waals surface area contributed by atoms with Crippen LogP contribution in [0.2, 0.25) is 0 Å².